The molecule has 1 aromatic heterocycles. The maximum atomic E-state index is 11.3. The summed E-state index contributed by atoms with van der Waals surface area (Å²) in [6.45, 7) is 2.06. The van der Waals surface area contributed by atoms with E-state index in [9.17, 15) is 4.79 Å². The molecule has 0 amide bonds. The van der Waals surface area contributed by atoms with Crippen LogP contribution in [0.25, 0.3) is 0 Å². The lowest BCUT2D eigenvalue weighted by molar-refractivity contribution is -0.142. The second-order valence-electron chi connectivity index (χ2n) is 6.19. The van der Waals surface area contributed by atoms with E-state index in [1.54, 1.807) is 0 Å². The Balaban J connectivity index is 1.54. The third-order valence-corrected chi connectivity index (χ3v) is 4.52. The number of hydrogen-bond acceptors (Lipinski definition) is 7. The van der Waals surface area contributed by atoms with Gasteiger partial charge in [-0.05, 0) is 31.0 Å². The number of benzene rings is 1. The Kier molecular flexibility index (Phi) is 6.25. The molecule has 7 nitrogen and oxygen atoms in total. The summed E-state index contributed by atoms with van der Waals surface area (Å²) in [5, 5.41) is 7.34. The Morgan fingerprint density at radius 2 is 2.04 bits per heavy atom. The first-order valence-corrected chi connectivity index (χ1v) is 8.90. The number of methoxy groups -OCH3 is 1. The molecular weight excluding hydrogens is 354 g/mol. The van der Waals surface area contributed by atoms with E-state index in [0.717, 1.165) is 37.4 Å². The van der Waals surface area contributed by atoms with Crippen LogP contribution in [0.3, 0.4) is 0 Å². The SMILES string of the molecule is COC(=O)CN1CCC(Nc2cc(Nc3cccc(Cl)c3)ncn2)CC1. The van der Waals surface area contributed by atoms with Gasteiger partial charge in [0, 0.05) is 35.9 Å². The number of carbonyl (C=O) groups is 1. The molecule has 1 aliphatic rings. The van der Waals surface area contributed by atoms with Crippen molar-refractivity contribution in [1.29, 1.82) is 0 Å². The number of piperidine rings is 1. The molecule has 3 rings (SSSR count). The maximum absolute atomic E-state index is 11.3. The van der Waals surface area contributed by atoms with Gasteiger partial charge in [-0.25, -0.2) is 9.97 Å². The van der Waals surface area contributed by atoms with Crippen molar-refractivity contribution in [3.8, 4) is 0 Å². The molecule has 0 unspecified atom stereocenters. The summed E-state index contributed by atoms with van der Waals surface area (Å²) in [4.78, 5) is 22.0. The smallest absolute Gasteiger partial charge is 0.319 e. The highest BCUT2D eigenvalue weighted by Gasteiger charge is 2.21. The van der Waals surface area contributed by atoms with Crippen LogP contribution in [0, 0.1) is 0 Å². The van der Waals surface area contributed by atoms with Gasteiger partial charge in [-0.3, -0.25) is 9.69 Å². The van der Waals surface area contributed by atoms with E-state index in [2.05, 4.69) is 25.5 Å². The standard InChI is InChI=1S/C18H22ClN5O2/c1-26-18(25)11-24-7-5-14(6-8-24)22-16-10-17(21-12-20-16)23-15-4-2-3-13(19)9-15/h2-4,9-10,12,14H,5-8,11H2,1H3,(H2,20,21,22,23). The van der Waals surface area contributed by atoms with Crippen LogP contribution in [-0.2, 0) is 9.53 Å². The lowest BCUT2D eigenvalue weighted by Gasteiger charge is -2.31. The molecule has 1 saturated heterocycles. The van der Waals surface area contributed by atoms with Crippen molar-refractivity contribution in [1.82, 2.24) is 14.9 Å². The molecule has 26 heavy (non-hydrogen) atoms. The molecule has 2 heterocycles. The van der Waals surface area contributed by atoms with Crippen molar-refractivity contribution >= 4 is 34.9 Å². The van der Waals surface area contributed by atoms with Crippen molar-refractivity contribution in [2.75, 3.05) is 37.4 Å². The highest BCUT2D eigenvalue weighted by atomic mass is 35.5. The number of halogens is 1. The zero-order valence-corrected chi connectivity index (χ0v) is 15.4. The third-order valence-electron chi connectivity index (χ3n) is 4.28. The fraction of sp³-hybridized carbons (Fsp3) is 0.389. The highest BCUT2D eigenvalue weighted by Crippen LogP contribution is 2.21. The molecule has 0 spiro atoms. The maximum Gasteiger partial charge on any atom is 0.319 e. The second kappa shape index (κ2) is 8.82. The fourth-order valence-electron chi connectivity index (χ4n) is 2.91. The largest absolute Gasteiger partial charge is 0.468 e. The van der Waals surface area contributed by atoms with Gasteiger partial charge in [-0.2, -0.15) is 0 Å². The first-order valence-electron chi connectivity index (χ1n) is 8.53. The van der Waals surface area contributed by atoms with E-state index in [1.807, 2.05) is 30.3 Å². The van der Waals surface area contributed by atoms with Crippen LogP contribution in [-0.4, -0.2) is 53.6 Å². The number of carbonyl (C=O) groups excluding carboxylic acids is 1. The van der Waals surface area contributed by atoms with Gasteiger partial charge < -0.3 is 15.4 Å². The normalized spacial score (nSPS) is 15.5. The highest BCUT2D eigenvalue weighted by molar-refractivity contribution is 6.30. The number of nitrogens with one attached hydrogen (secondary N) is 2. The number of ether oxygens (including phenoxy) is 1. The number of esters is 1. The van der Waals surface area contributed by atoms with E-state index < -0.39 is 0 Å². The first-order chi connectivity index (χ1) is 12.6. The molecule has 0 saturated carbocycles. The summed E-state index contributed by atoms with van der Waals surface area (Å²) in [6, 6.07) is 9.67. The molecule has 138 valence electrons. The van der Waals surface area contributed by atoms with Gasteiger partial charge in [0.2, 0.25) is 0 Å². The molecule has 8 heteroatoms. The number of anilines is 3. The number of nitrogens with zero attached hydrogens (tertiary/aromatic N) is 3. The average molecular weight is 376 g/mol. The Labute approximate surface area is 157 Å². The van der Waals surface area contributed by atoms with Crippen LogP contribution in [0.1, 0.15) is 12.8 Å². The fourth-order valence-corrected chi connectivity index (χ4v) is 3.10. The first kappa shape index (κ1) is 18.4. The van der Waals surface area contributed by atoms with Crippen molar-refractivity contribution in [3.05, 3.63) is 41.7 Å². The zero-order chi connectivity index (χ0) is 18.4. The summed E-state index contributed by atoms with van der Waals surface area (Å²) < 4.78 is 4.72. The second-order valence-corrected chi connectivity index (χ2v) is 6.63. The molecule has 2 N–H and O–H groups in total. The number of hydrogen-bond donors (Lipinski definition) is 2. The zero-order valence-electron chi connectivity index (χ0n) is 14.6. The number of aromatic nitrogens is 2. The molecular formula is C18H22ClN5O2. The number of rotatable bonds is 6. The lowest BCUT2D eigenvalue weighted by atomic mass is 10.1. The third kappa shape index (κ3) is 5.31. The van der Waals surface area contributed by atoms with Gasteiger partial charge in [-0.15, -0.1) is 0 Å². The molecule has 1 aliphatic heterocycles. The quantitative estimate of drug-likeness (QED) is 0.751. The van der Waals surface area contributed by atoms with Crippen LogP contribution in [0.5, 0.6) is 0 Å². The van der Waals surface area contributed by atoms with E-state index in [4.69, 9.17) is 16.3 Å². The van der Waals surface area contributed by atoms with E-state index in [0.29, 0.717) is 23.4 Å². The Morgan fingerprint density at radius 3 is 2.77 bits per heavy atom. The summed E-state index contributed by atoms with van der Waals surface area (Å²) in [5.41, 5.74) is 0.873. The van der Waals surface area contributed by atoms with Gasteiger partial charge >= 0.3 is 5.97 Å². The van der Waals surface area contributed by atoms with Crippen molar-refractivity contribution in [3.63, 3.8) is 0 Å². The van der Waals surface area contributed by atoms with Crippen LogP contribution >= 0.6 is 11.6 Å². The monoisotopic (exact) mass is 375 g/mol. The summed E-state index contributed by atoms with van der Waals surface area (Å²) in [5.74, 6) is 1.28. The van der Waals surface area contributed by atoms with Crippen LogP contribution in [0.2, 0.25) is 5.02 Å². The predicted molar refractivity (Wildman–Crippen MR) is 102 cm³/mol. The van der Waals surface area contributed by atoms with Crippen molar-refractivity contribution in [2.24, 2.45) is 0 Å². The van der Waals surface area contributed by atoms with Crippen molar-refractivity contribution < 1.29 is 9.53 Å². The molecule has 0 aliphatic carbocycles. The van der Waals surface area contributed by atoms with Gasteiger partial charge in [0.1, 0.15) is 18.0 Å². The molecule has 0 bridgehead atoms. The Hall–Kier alpha value is -2.38. The molecule has 2 aromatic rings. The van der Waals surface area contributed by atoms with Crippen LogP contribution in [0.15, 0.2) is 36.7 Å². The summed E-state index contributed by atoms with van der Waals surface area (Å²) in [7, 11) is 1.42. The molecule has 0 atom stereocenters. The van der Waals surface area contributed by atoms with E-state index >= 15 is 0 Å². The van der Waals surface area contributed by atoms with Gasteiger partial charge in [0.15, 0.2) is 0 Å². The van der Waals surface area contributed by atoms with Crippen molar-refractivity contribution in [2.45, 2.75) is 18.9 Å². The van der Waals surface area contributed by atoms with Gasteiger partial charge in [0.25, 0.3) is 0 Å². The molecule has 1 aromatic carbocycles. The average Bonchev–Trinajstić information content (AvgIpc) is 2.63. The van der Waals surface area contributed by atoms with Gasteiger partial charge in [0.05, 0.1) is 13.7 Å². The summed E-state index contributed by atoms with van der Waals surface area (Å²) >= 11 is 6.01. The molecule has 1 fully saturated rings. The minimum Gasteiger partial charge on any atom is -0.468 e. The van der Waals surface area contributed by atoms with Crippen LogP contribution in [0.4, 0.5) is 17.3 Å². The van der Waals surface area contributed by atoms with Gasteiger partial charge in [-0.1, -0.05) is 17.7 Å². The molecule has 0 radical (unpaired) electrons. The lowest BCUT2D eigenvalue weighted by Crippen LogP contribution is -2.41. The van der Waals surface area contributed by atoms with Crippen LogP contribution < -0.4 is 10.6 Å². The van der Waals surface area contributed by atoms with E-state index in [1.165, 1.54) is 13.4 Å². The number of likely N-dealkylation sites (tertiary alicyclic amines) is 1. The predicted octanol–water partition coefficient (Wildman–Crippen LogP) is 2.92. The summed E-state index contributed by atoms with van der Waals surface area (Å²) in [6.07, 6.45) is 3.41. The van der Waals surface area contributed by atoms with E-state index in [-0.39, 0.29) is 5.97 Å². The minimum atomic E-state index is -0.191. The Morgan fingerprint density at radius 1 is 1.27 bits per heavy atom. The topological polar surface area (TPSA) is 79.4 Å². The Bertz CT molecular complexity index is 750. The minimum absolute atomic E-state index is 0.191.